The SMILES string of the molecule is CCCOc1ccc(N/C=C(/C#N)C(=O)OCC)cc1. The fraction of sp³-hybridized carbons (Fsp3) is 0.333. The van der Waals surface area contributed by atoms with Crippen LogP contribution in [-0.2, 0) is 9.53 Å². The van der Waals surface area contributed by atoms with Crippen LogP contribution in [0.4, 0.5) is 5.69 Å². The molecule has 0 radical (unpaired) electrons. The lowest BCUT2D eigenvalue weighted by Gasteiger charge is -2.06. The molecule has 1 rings (SSSR count). The van der Waals surface area contributed by atoms with Crippen LogP contribution in [0.2, 0.25) is 0 Å². The fourth-order valence-electron chi connectivity index (χ4n) is 1.37. The van der Waals surface area contributed by atoms with Gasteiger partial charge in [-0.3, -0.25) is 0 Å². The monoisotopic (exact) mass is 274 g/mol. The molecule has 0 saturated carbocycles. The summed E-state index contributed by atoms with van der Waals surface area (Å²) in [5.41, 5.74) is 0.684. The van der Waals surface area contributed by atoms with E-state index in [9.17, 15) is 4.79 Å². The Morgan fingerprint density at radius 2 is 2.05 bits per heavy atom. The topological polar surface area (TPSA) is 71.3 Å². The minimum atomic E-state index is -0.634. The average Bonchev–Trinajstić information content (AvgIpc) is 2.47. The molecule has 0 heterocycles. The average molecular weight is 274 g/mol. The van der Waals surface area contributed by atoms with Crippen molar-refractivity contribution in [3.8, 4) is 11.8 Å². The van der Waals surface area contributed by atoms with Crippen molar-refractivity contribution in [2.45, 2.75) is 20.3 Å². The van der Waals surface area contributed by atoms with E-state index in [1.165, 1.54) is 6.20 Å². The summed E-state index contributed by atoms with van der Waals surface area (Å²) in [4.78, 5) is 11.4. The van der Waals surface area contributed by atoms with Gasteiger partial charge in [0.25, 0.3) is 0 Å². The Morgan fingerprint density at radius 1 is 1.35 bits per heavy atom. The van der Waals surface area contributed by atoms with Gasteiger partial charge in [-0.2, -0.15) is 5.26 Å². The Balaban J connectivity index is 2.64. The summed E-state index contributed by atoms with van der Waals surface area (Å²) >= 11 is 0. The van der Waals surface area contributed by atoms with Gasteiger partial charge in [-0.1, -0.05) is 6.92 Å². The molecule has 1 N–H and O–H groups in total. The van der Waals surface area contributed by atoms with Gasteiger partial charge in [0.1, 0.15) is 11.8 Å². The third-order valence-electron chi connectivity index (χ3n) is 2.33. The number of esters is 1. The maximum atomic E-state index is 11.4. The smallest absolute Gasteiger partial charge is 0.350 e. The predicted octanol–water partition coefficient (Wildman–Crippen LogP) is 2.86. The second-order valence-electron chi connectivity index (χ2n) is 3.91. The van der Waals surface area contributed by atoms with E-state index in [1.807, 2.05) is 31.2 Å². The van der Waals surface area contributed by atoms with Crippen LogP contribution < -0.4 is 10.1 Å². The Kier molecular flexibility index (Phi) is 6.69. The molecule has 1 aromatic carbocycles. The third-order valence-corrected chi connectivity index (χ3v) is 2.33. The molecule has 0 bridgehead atoms. The van der Waals surface area contributed by atoms with Gasteiger partial charge in [0.2, 0.25) is 0 Å². The summed E-state index contributed by atoms with van der Waals surface area (Å²) in [5, 5.41) is 11.7. The molecular weight excluding hydrogens is 256 g/mol. The Hall–Kier alpha value is -2.48. The molecule has 0 unspecified atom stereocenters. The zero-order chi connectivity index (χ0) is 14.8. The normalized spacial score (nSPS) is 10.6. The van der Waals surface area contributed by atoms with Crippen LogP contribution in [0.3, 0.4) is 0 Å². The molecule has 5 nitrogen and oxygen atoms in total. The number of anilines is 1. The van der Waals surface area contributed by atoms with Gasteiger partial charge in [-0.05, 0) is 37.6 Å². The molecule has 0 fully saturated rings. The summed E-state index contributed by atoms with van der Waals surface area (Å²) in [5.74, 6) is 0.151. The van der Waals surface area contributed by atoms with Crippen molar-refractivity contribution in [3.05, 3.63) is 36.0 Å². The van der Waals surface area contributed by atoms with E-state index in [0.717, 1.165) is 17.9 Å². The Morgan fingerprint density at radius 3 is 2.60 bits per heavy atom. The number of nitriles is 1. The van der Waals surface area contributed by atoms with Crippen molar-refractivity contribution < 1.29 is 14.3 Å². The molecule has 0 aliphatic heterocycles. The number of nitrogens with one attached hydrogen (secondary N) is 1. The molecule has 0 aromatic heterocycles. The van der Waals surface area contributed by atoms with E-state index in [0.29, 0.717) is 6.61 Å². The third kappa shape index (κ3) is 5.02. The first-order valence-electron chi connectivity index (χ1n) is 6.48. The Bertz CT molecular complexity index is 501. The van der Waals surface area contributed by atoms with Gasteiger partial charge in [-0.25, -0.2) is 4.79 Å². The zero-order valence-electron chi connectivity index (χ0n) is 11.7. The van der Waals surface area contributed by atoms with Crippen molar-refractivity contribution in [1.29, 1.82) is 5.26 Å². The minimum absolute atomic E-state index is 0.0711. The Labute approximate surface area is 118 Å². The van der Waals surface area contributed by atoms with Crippen LogP contribution in [-0.4, -0.2) is 19.2 Å². The quantitative estimate of drug-likeness (QED) is 0.470. The molecule has 0 spiro atoms. The maximum Gasteiger partial charge on any atom is 0.350 e. The van der Waals surface area contributed by atoms with Gasteiger partial charge >= 0.3 is 5.97 Å². The molecular formula is C15H18N2O3. The molecule has 5 heteroatoms. The summed E-state index contributed by atoms with van der Waals surface area (Å²) in [6.45, 7) is 4.64. The highest BCUT2D eigenvalue weighted by molar-refractivity contribution is 5.93. The number of hydrogen-bond donors (Lipinski definition) is 1. The number of carbonyl (C=O) groups excluding carboxylic acids is 1. The van der Waals surface area contributed by atoms with E-state index in [1.54, 1.807) is 13.0 Å². The molecule has 106 valence electrons. The van der Waals surface area contributed by atoms with Crippen LogP contribution in [0, 0.1) is 11.3 Å². The van der Waals surface area contributed by atoms with Crippen LogP contribution in [0.1, 0.15) is 20.3 Å². The molecule has 0 atom stereocenters. The first kappa shape index (κ1) is 15.6. The van der Waals surface area contributed by atoms with Crippen molar-refractivity contribution in [2.24, 2.45) is 0 Å². The molecule has 1 aromatic rings. The van der Waals surface area contributed by atoms with E-state index in [-0.39, 0.29) is 12.2 Å². The molecule has 20 heavy (non-hydrogen) atoms. The van der Waals surface area contributed by atoms with Crippen LogP contribution in [0.15, 0.2) is 36.0 Å². The van der Waals surface area contributed by atoms with Gasteiger partial charge in [0, 0.05) is 11.9 Å². The van der Waals surface area contributed by atoms with Crippen molar-refractivity contribution >= 4 is 11.7 Å². The molecule has 0 aliphatic carbocycles. The van der Waals surface area contributed by atoms with E-state index >= 15 is 0 Å². The number of carbonyl (C=O) groups is 1. The molecule has 0 aliphatic rings. The molecule has 0 amide bonds. The van der Waals surface area contributed by atoms with Gasteiger partial charge in [0.15, 0.2) is 5.57 Å². The number of nitrogens with zero attached hydrogens (tertiary/aromatic N) is 1. The number of rotatable bonds is 7. The van der Waals surface area contributed by atoms with Crippen molar-refractivity contribution in [1.82, 2.24) is 0 Å². The second kappa shape index (κ2) is 8.59. The van der Waals surface area contributed by atoms with E-state index in [2.05, 4.69) is 5.32 Å². The highest BCUT2D eigenvalue weighted by Gasteiger charge is 2.08. The lowest BCUT2D eigenvalue weighted by Crippen LogP contribution is -2.07. The zero-order valence-corrected chi connectivity index (χ0v) is 11.7. The summed E-state index contributed by atoms with van der Waals surface area (Å²) in [6, 6.07) is 9.05. The van der Waals surface area contributed by atoms with Crippen LogP contribution in [0.25, 0.3) is 0 Å². The predicted molar refractivity (Wildman–Crippen MR) is 76.2 cm³/mol. The van der Waals surface area contributed by atoms with Gasteiger partial charge < -0.3 is 14.8 Å². The maximum absolute atomic E-state index is 11.4. The molecule has 0 saturated heterocycles. The number of benzene rings is 1. The van der Waals surface area contributed by atoms with E-state index < -0.39 is 5.97 Å². The number of hydrogen-bond acceptors (Lipinski definition) is 5. The van der Waals surface area contributed by atoms with Crippen LogP contribution >= 0.6 is 0 Å². The minimum Gasteiger partial charge on any atom is -0.494 e. The van der Waals surface area contributed by atoms with Gasteiger partial charge in [0.05, 0.1) is 13.2 Å². The largest absolute Gasteiger partial charge is 0.494 e. The lowest BCUT2D eigenvalue weighted by atomic mass is 10.3. The summed E-state index contributed by atoms with van der Waals surface area (Å²) in [7, 11) is 0. The fourth-order valence-corrected chi connectivity index (χ4v) is 1.37. The number of ether oxygens (including phenoxy) is 2. The van der Waals surface area contributed by atoms with Crippen LogP contribution in [0.5, 0.6) is 5.75 Å². The van der Waals surface area contributed by atoms with E-state index in [4.69, 9.17) is 14.7 Å². The second-order valence-corrected chi connectivity index (χ2v) is 3.91. The highest BCUT2D eigenvalue weighted by atomic mass is 16.5. The van der Waals surface area contributed by atoms with Gasteiger partial charge in [-0.15, -0.1) is 0 Å². The van der Waals surface area contributed by atoms with Crippen molar-refractivity contribution in [2.75, 3.05) is 18.5 Å². The first-order chi connectivity index (χ1) is 9.71. The summed E-state index contributed by atoms with van der Waals surface area (Å²) < 4.78 is 10.2. The van der Waals surface area contributed by atoms with Crippen molar-refractivity contribution in [3.63, 3.8) is 0 Å². The highest BCUT2D eigenvalue weighted by Crippen LogP contribution is 2.16. The summed E-state index contributed by atoms with van der Waals surface area (Å²) in [6.07, 6.45) is 2.29. The lowest BCUT2D eigenvalue weighted by molar-refractivity contribution is -0.138. The standard InChI is InChI=1S/C15H18N2O3/c1-3-9-20-14-7-5-13(6-8-14)17-11-12(10-16)15(18)19-4-2/h5-8,11,17H,3-4,9H2,1-2H3/b12-11-. The first-order valence-corrected chi connectivity index (χ1v) is 6.48.